The zero-order valence-corrected chi connectivity index (χ0v) is 7.03. The van der Waals surface area contributed by atoms with Gasteiger partial charge in [0.25, 0.3) is 0 Å². The van der Waals surface area contributed by atoms with Crippen molar-refractivity contribution in [2.75, 3.05) is 0 Å². The van der Waals surface area contributed by atoms with Crippen molar-refractivity contribution in [3.05, 3.63) is 23.7 Å². The Morgan fingerprint density at radius 1 is 1.54 bits per heavy atom. The normalized spacial score (nSPS) is 9.85. The van der Waals surface area contributed by atoms with E-state index in [0.717, 1.165) is 0 Å². The number of hydrogen-bond acceptors (Lipinski definition) is 3. The maximum Gasteiger partial charge on any atom is 0.303 e. The molecule has 0 aliphatic heterocycles. The van der Waals surface area contributed by atoms with Crippen molar-refractivity contribution in [2.24, 2.45) is 0 Å². The van der Waals surface area contributed by atoms with Gasteiger partial charge in [-0.15, -0.1) is 0 Å². The van der Waals surface area contributed by atoms with Crippen molar-refractivity contribution in [1.82, 2.24) is 0 Å². The Kier molecular flexibility index (Phi) is 3.25. The summed E-state index contributed by atoms with van der Waals surface area (Å²) in [6, 6.07) is 3.26. The van der Waals surface area contributed by atoms with Gasteiger partial charge in [-0.05, 0) is 18.6 Å². The van der Waals surface area contributed by atoms with Gasteiger partial charge < -0.3 is 9.52 Å². The van der Waals surface area contributed by atoms with Crippen LogP contribution in [-0.2, 0) is 11.2 Å². The predicted molar refractivity (Wildman–Crippen MR) is 44.7 cm³/mol. The van der Waals surface area contributed by atoms with Crippen LogP contribution in [0.1, 0.15) is 29.2 Å². The number of hydrogen-bond donors (Lipinski definition) is 1. The fourth-order valence-corrected chi connectivity index (χ4v) is 1.01. The van der Waals surface area contributed by atoms with Crippen LogP contribution in [0.3, 0.4) is 0 Å². The monoisotopic (exact) mass is 182 g/mol. The number of rotatable bonds is 5. The second kappa shape index (κ2) is 4.45. The van der Waals surface area contributed by atoms with Gasteiger partial charge in [0.2, 0.25) is 0 Å². The molecule has 0 aromatic carbocycles. The molecule has 1 N–H and O–H groups in total. The van der Waals surface area contributed by atoms with Gasteiger partial charge in [-0.25, -0.2) is 0 Å². The maximum atomic E-state index is 10.2. The average molecular weight is 182 g/mol. The number of furan rings is 1. The minimum absolute atomic E-state index is 0.122. The molecule has 1 heterocycles. The van der Waals surface area contributed by atoms with Gasteiger partial charge in [0.15, 0.2) is 12.0 Å². The third kappa shape index (κ3) is 3.11. The molecule has 0 amide bonds. The fourth-order valence-electron chi connectivity index (χ4n) is 1.01. The summed E-state index contributed by atoms with van der Waals surface area (Å²) >= 11 is 0. The largest absolute Gasteiger partial charge is 0.481 e. The summed E-state index contributed by atoms with van der Waals surface area (Å²) in [4.78, 5) is 20.4. The van der Waals surface area contributed by atoms with Gasteiger partial charge >= 0.3 is 5.97 Å². The van der Waals surface area contributed by atoms with Crippen molar-refractivity contribution >= 4 is 12.3 Å². The highest BCUT2D eigenvalue weighted by Gasteiger charge is 2.02. The molecule has 0 bridgehead atoms. The van der Waals surface area contributed by atoms with Crippen molar-refractivity contribution in [1.29, 1.82) is 0 Å². The highest BCUT2D eigenvalue weighted by Crippen LogP contribution is 2.09. The van der Waals surface area contributed by atoms with Gasteiger partial charge in [0, 0.05) is 12.8 Å². The van der Waals surface area contributed by atoms with Crippen LogP contribution in [0.2, 0.25) is 0 Å². The zero-order valence-electron chi connectivity index (χ0n) is 7.03. The molecule has 1 rings (SSSR count). The Bertz CT molecular complexity index is 300. The Morgan fingerprint density at radius 2 is 2.31 bits per heavy atom. The molecule has 70 valence electrons. The number of carbonyl (C=O) groups excluding carboxylic acids is 1. The molecule has 4 nitrogen and oxygen atoms in total. The lowest BCUT2D eigenvalue weighted by Gasteiger charge is -1.93. The lowest BCUT2D eigenvalue weighted by molar-refractivity contribution is -0.137. The van der Waals surface area contributed by atoms with Crippen molar-refractivity contribution < 1.29 is 19.1 Å². The molecule has 0 unspecified atom stereocenters. The first-order valence-corrected chi connectivity index (χ1v) is 3.98. The van der Waals surface area contributed by atoms with E-state index in [9.17, 15) is 9.59 Å². The fraction of sp³-hybridized carbons (Fsp3) is 0.333. The lowest BCUT2D eigenvalue weighted by atomic mass is 10.2. The SMILES string of the molecule is O=Cc1ccc(CCCC(=O)O)o1. The summed E-state index contributed by atoms with van der Waals surface area (Å²) < 4.78 is 5.05. The molecule has 0 aliphatic carbocycles. The minimum atomic E-state index is -0.817. The molecule has 0 fully saturated rings. The second-order valence-electron chi connectivity index (χ2n) is 2.67. The number of carboxylic acid groups (broad SMARTS) is 1. The van der Waals surface area contributed by atoms with E-state index in [1.807, 2.05) is 0 Å². The van der Waals surface area contributed by atoms with E-state index in [-0.39, 0.29) is 12.2 Å². The number of aliphatic carboxylic acids is 1. The Balaban J connectivity index is 2.36. The third-order valence-corrected chi connectivity index (χ3v) is 1.61. The van der Waals surface area contributed by atoms with E-state index in [1.54, 1.807) is 12.1 Å². The molecule has 0 radical (unpaired) electrons. The molecule has 0 atom stereocenters. The maximum absolute atomic E-state index is 10.2. The first-order valence-electron chi connectivity index (χ1n) is 3.98. The third-order valence-electron chi connectivity index (χ3n) is 1.61. The molecule has 0 saturated heterocycles. The molecule has 1 aromatic heterocycles. The molecule has 1 aromatic rings. The first kappa shape index (κ1) is 9.51. The standard InChI is InChI=1S/C9H10O4/c10-6-8-5-4-7(13-8)2-1-3-9(11)12/h4-6H,1-3H2,(H,11,12). The zero-order chi connectivity index (χ0) is 9.68. The first-order chi connectivity index (χ1) is 6.22. The highest BCUT2D eigenvalue weighted by molar-refractivity contribution is 5.70. The molecule has 0 aliphatic rings. The van der Waals surface area contributed by atoms with Crippen LogP contribution in [-0.4, -0.2) is 17.4 Å². The molecular weight excluding hydrogens is 172 g/mol. The Labute approximate surface area is 75.2 Å². The van der Waals surface area contributed by atoms with E-state index in [1.165, 1.54) is 0 Å². The van der Waals surface area contributed by atoms with Gasteiger partial charge in [0.1, 0.15) is 5.76 Å². The number of aldehydes is 1. The van der Waals surface area contributed by atoms with Crippen LogP contribution in [0.25, 0.3) is 0 Å². The van der Waals surface area contributed by atoms with Crippen molar-refractivity contribution in [2.45, 2.75) is 19.3 Å². The van der Waals surface area contributed by atoms with Crippen LogP contribution in [0.15, 0.2) is 16.5 Å². The van der Waals surface area contributed by atoms with Crippen LogP contribution in [0.4, 0.5) is 0 Å². The van der Waals surface area contributed by atoms with Gasteiger partial charge in [-0.1, -0.05) is 0 Å². The lowest BCUT2D eigenvalue weighted by Crippen LogP contribution is -1.95. The molecular formula is C9H10O4. The van der Waals surface area contributed by atoms with E-state index in [4.69, 9.17) is 9.52 Å². The second-order valence-corrected chi connectivity index (χ2v) is 2.67. The van der Waals surface area contributed by atoms with Crippen molar-refractivity contribution in [3.63, 3.8) is 0 Å². The van der Waals surface area contributed by atoms with E-state index < -0.39 is 5.97 Å². The van der Waals surface area contributed by atoms with Gasteiger partial charge in [0.05, 0.1) is 0 Å². The quantitative estimate of drug-likeness (QED) is 0.700. The molecule has 0 spiro atoms. The predicted octanol–water partition coefficient (Wildman–Crippen LogP) is 1.50. The van der Waals surface area contributed by atoms with Crippen LogP contribution >= 0.6 is 0 Å². The summed E-state index contributed by atoms with van der Waals surface area (Å²) in [6.45, 7) is 0. The molecule has 13 heavy (non-hydrogen) atoms. The van der Waals surface area contributed by atoms with Crippen molar-refractivity contribution in [3.8, 4) is 0 Å². The number of carboxylic acids is 1. The topological polar surface area (TPSA) is 67.5 Å². The van der Waals surface area contributed by atoms with E-state index in [2.05, 4.69) is 0 Å². The van der Waals surface area contributed by atoms with Crippen LogP contribution in [0.5, 0.6) is 0 Å². The van der Waals surface area contributed by atoms with Gasteiger partial charge in [-0.2, -0.15) is 0 Å². The minimum Gasteiger partial charge on any atom is -0.481 e. The summed E-state index contributed by atoms with van der Waals surface area (Å²) in [5.74, 6) is 0.121. The van der Waals surface area contributed by atoms with Crippen LogP contribution < -0.4 is 0 Å². The molecule has 0 saturated carbocycles. The Hall–Kier alpha value is -1.58. The smallest absolute Gasteiger partial charge is 0.303 e. The van der Waals surface area contributed by atoms with E-state index >= 15 is 0 Å². The van der Waals surface area contributed by atoms with Gasteiger partial charge in [-0.3, -0.25) is 9.59 Å². The Morgan fingerprint density at radius 3 is 2.85 bits per heavy atom. The molecule has 4 heteroatoms. The van der Waals surface area contributed by atoms with E-state index in [0.29, 0.717) is 24.9 Å². The van der Waals surface area contributed by atoms with Crippen LogP contribution in [0, 0.1) is 0 Å². The summed E-state index contributed by atoms with van der Waals surface area (Å²) in [5, 5.41) is 8.36. The average Bonchev–Trinajstić information content (AvgIpc) is 2.52. The number of aryl methyl sites for hydroxylation is 1. The summed E-state index contributed by atoms with van der Waals surface area (Å²) in [5.41, 5.74) is 0. The highest BCUT2D eigenvalue weighted by atomic mass is 16.4. The number of carbonyl (C=O) groups is 2. The summed E-state index contributed by atoms with van der Waals surface area (Å²) in [6.07, 6.45) is 1.83. The summed E-state index contributed by atoms with van der Waals surface area (Å²) in [7, 11) is 0.